The van der Waals surface area contributed by atoms with E-state index in [4.69, 9.17) is 9.72 Å². The molecular formula is C21H28FN3O2S. The maximum atomic E-state index is 13.9. The summed E-state index contributed by atoms with van der Waals surface area (Å²) in [5, 5.41) is 0.930. The molecule has 152 valence electrons. The van der Waals surface area contributed by atoms with Crippen LogP contribution in [0.2, 0.25) is 0 Å². The Morgan fingerprint density at radius 1 is 1.36 bits per heavy atom. The molecular weight excluding hydrogens is 377 g/mol. The van der Waals surface area contributed by atoms with Crippen molar-refractivity contribution in [3.8, 4) is 5.75 Å². The van der Waals surface area contributed by atoms with Crippen LogP contribution in [-0.2, 0) is 11.3 Å². The second-order valence-corrected chi connectivity index (χ2v) is 8.32. The van der Waals surface area contributed by atoms with Crippen molar-refractivity contribution in [2.75, 3.05) is 19.9 Å². The van der Waals surface area contributed by atoms with Crippen LogP contribution in [0, 0.1) is 19.7 Å². The molecule has 2 aromatic rings. The molecule has 0 radical (unpaired) electrons. The number of aryl methyl sites for hydroxylation is 1. The Bertz CT molecular complexity index is 846. The van der Waals surface area contributed by atoms with Gasteiger partial charge in [-0.15, -0.1) is 0 Å². The monoisotopic (exact) mass is 405 g/mol. The van der Waals surface area contributed by atoms with E-state index in [1.807, 2.05) is 6.92 Å². The first-order chi connectivity index (χ1) is 13.4. The third-order valence-electron chi connectivity index (χ3n) is 5.43. The van der Waals surface area contributed by atoms with E-state index in [2.05, 4.69) is 11.5 Å². The van der Waals surface area contributed by atoms with Crippen LogP contribution in [0.5, 0.6) is 5.75 Å². The lowest BCUT2D eigenvalue weighted by Crippen LogP contribution is -2.28. The molecule has 1 fully saturated rings. The second kappa shape index (κ2) is 8.99. The van der Waals surface area contributed by atoms with Gasteiger partial charge in [0, 0.05) is 25.3 Å². The minimum Gasteiger partial charge on any atom is -0.494 e. The summed E-state index contributed by atoms with van der Waals surface area (Å²) in [6, 6.07) is 5.27. The summed E-state index contributed by atoms with van der Waals surface area (Å²) in [6.45, 7) is 4.49. The number of benzene rings is 1. The van der Waals surface area contributed by atoms with Gasteiger partial charge in [-0.2, -0.15) is 0 Å². The van der Waals surface area contributed by atoms with Gasteiger partial charge in [-0.05, 0) is 44.4 Å². The standard InChI is InChI=1S/C21H28FN3O2S/c1-14-15(2)25(17-7-5-6-8-17)21(23-14)28-13-20(26)24(3)12-16-9-10-19(27-4)18(22)11-16/h9-11,17H,5-8,12-13H2,1-4H3. The topological polar surface area (TPSA) is 47.4 Å². The van der Waals surface area contributed by atoms with Crippen LogP contribution in [0.25, 0.3) is 0 Å². The van der Waals surface area contributed by atoms with Crippen molar-refractivity contribution in [1.82, 2.24) is 14.5 Å². The molecule has 0 unspecified atom stereocenters. The van der Waals surface area contributed by atoms with Crippen molar-refractivity contribution >= 4 is 17.7 Å². The molecule has 0 bridgehead atoms. The predicted octanol–water partition coefficient (Wildman–Crippen LogP) is 4.51. The molecule has 1 aromatic heterocycles. The number of methoxy groups -OCH3 is 1. The summed E-state index contributed by atoms with van der Waals surface area (Å²) < 4.78 is 21.1. The summed E-state index contributed by atoms with van der Waals surface area (Å²) in [6.07, 6.45) is 4.87. The molecule has 1 aliphatic rings. The number of nitrogens with zero attached hydrogens (tertiary/aromatic N) is 3. The first-order valence-corrected chi connectivity index (χ1v) is 10.6. The summed E-state index contributed by atoms with van der Waals surface area (Å²) in [5.41, 5.74) is 2.96. The number of hydrogen-bond acceptors (Lipinski definition) is 4. The zero-order valence-electron chi connectivity index (χ0n) is 17.0. The van der Waals surface area contributed by atoms with Crippen LogP contribution in [0.1, 0.15) is 48.7 Å². The van der Waals surface area contributed by atoms with Crippen LogP contribution >= 0.6 is 11.8 Å². The molecule has 0 N–H and O–H groups in total. The molecule has 0 saturated heterocycles. The summed E-state index contributed by atoms with van der Waals surface area (Å²) in [7, 11) is 3.18. The molecule has 1 aromatic carbocycles. The highest BCUT2D eigenvalue weighted by Crippen LogP contribution is 2.35. The third kappa shape index (κ3) is 4.51. The quantitative estimate of drug-likeness (QED) is 0.636. The summed E-state index contributed by atoms with van der Waals surface area (Å²) in [4.78, 5) is 18.9. The average molecular weight is 406 g/mol. The van der Waals surface area contributed by atoms with Gasteiger partial charge in [0.05, 0.1) is 18.6 Å². The van der Waals surface area contributed by atoms with Crippen molar-refractivity contribution < 1.29 is 13.9 Å². The van der Waals surface area contributed by atoms with Crippen molar-refractivity contribution in [3.63, 3.8) is 0 Å². The number of aromatic nitrogens is 2. The first-order valence-electron chi connectivity index (χ1n) is 9.65. The van der Waals surface area contributed by atoms with Crippen LogP contribution in [0.15, 0.2) is 23.4 Å². The lowest BCUT2D eigenvalue weighted by molar-refractivity contribution is -0.127. The molecule has 1 saturated carbocycles. The molecule has 7 heteroatoms. The molecule has 3 rings (SSSR count). The van der Waals surface area contributed by atoms with Gasteiger partial charge in [-0.25, -0.2) is 9.37 Å². The van der Waals surface area contributed by atoms with Crippen LogP contribution in [0.4, 0.5) is 4.39 Å². The number of imidazole rings is 1. The molecule has 1 heterocycles. The Balaban J connectivity index is 1.62. The SMILES string of the molecule is COc1ccc(CN(C)C(=O)CSc2nc(C)c(C)n2C2CCCC2)cc1F. The van der Waals surface area contributed by atoms with E-state index in [9.17, 15) is 9.18 Å². The van der Waals surface area contributed by atoms with Crippen LogP contribution < -0.4 is 4.74 Å². The van der Waals surface area contributed by atoms with Crippen molar-refractivity contribution in [1.29, 1.82) is 0 Å². The number of ether oxygens (including phenoxy) is 1. The Hall–Kier alpha value is -2.02. The van der Waals surface area contributed by atoms with E-state index in [0.29, 0.717) is 18.3 Å². The highest BCUT2D eigenvalue weighted by Gasteiger charge is 2.24. The molecule has 1 aliphatic carbocycles. The van der Waals surface area contributed by atoms with Crippen LogP contribution in [0.3, 0.4) is 0 Å². The van der Waals surface area contributed by atoms with E-state index in [-0.39, 0.29) is 11.7 Å². The van der Waals surface area contributed by atoms with E-state index >= 15 is 0 Å². The van der Waals surface area contributed by atoms with Crippen molar-refractivity contribution in [2.45, 2.75) is 57.3 Å². The maximum Gasteiger partial charge on any atom is 0.233 e. The van der Waals surface area contributed by atoms with Crippen LogP contribution in [-0.4, -0.2) is 40.3 Å². The number of rotatable bonds is 7. The minimum atomic E-state index is -0.417. The number of carbonyl (C=O) groups is 1. The Kier molecular flexibility index (Phi) is 6.65. The van der Waals surface area contributed by atoms with Gasteiger partial charge < -0.3 is 14.2 Å². The fraction of sp³-hybridized carbons (Fsp3) is 0.524. The molecule has 28 heavy (non-hydrogen) atoms. The third-order valence-corrected chi connectivity index (χ3v) is 6.37. The number of carbonyl (C=O) groups excluding carboxylic acids is 1. The highest BCUT2D eigenvalue weighted by molar-refractivity contribution is 7.99. The van der Waals surface area contributed by atoms with Crippen molar-refractivity contribution in [3.05, 3.63) is 41.0 Å². The summed E-state index contributed by atoms with van der Waals surface area (Å²) >= 11 is 1.49. The Morgan fingerprint density at radius 3 is 2.71 bits per heavy atom. The molecule has 0 atom stereocenters. The molecule has 1 amide bonds. The number of thioether (sulfide) groups is 1. The van der Waals surface area contributed by atoms with E-state index in [1.54, 1.807) is 24.1 Å². The Labute approximate surface area is 170 Å². The largest absolute Gasteiger partial charge is 0.494 e. The fourth-order valence-electron chi connectivity index (χ4n) is 3.70. The zero-order valence-corrected chi connectivity index (χ0v) is 17.8. The van der Waals surface area contributed by atoms with Gasteiger partial charge in [-0.1, -0.05) is 30.7 Å². The van der Waals surface area contributed by atoms with Gasteiger partial charge in [0.25, 0.3) is 0 Å². The summed E-state index contributed by atoms with van der Waals surface area (Å²) in [5.74, 6) is 0.104. The van der Waals surface area contributed by atoms with Gasteiger partial charge in [0.15, 0.2) is 16.7 Å². The average Bonchev–Trinajstić information content (AvgIpc) is 3.28. The molecule has 0 aliphatic heterocycles. The number of amides is 1. The lowest BCUT2D eigenvalue weighted by atomic mass is 10.2. The van der Waals surface area contributed by atoms with E-state index in [0.717, 1.165) is 16.4 Å². The lowest BCUT2D eigenvalue weighted by Gasteiger charge is -2.19. The fourth-order valence-corrected chi connectivity index (χ4v) is 4.80. The van der Waals surface area contributed by atoms with Gasteiger partial charge in [0.2, 0.25) is 5.91 Å². The zero-order chi connectivity index (χ0) is 20.3. The smallest absolute Gasteiger partial charge is 0.233 e. The first kappa shape index (κ1) is 20.7. The minimum absolute atomic E-state index is 0.00231. The van der Waals surface area contributed by atoms with Gasteiger partial charge in [0.1, 0.15) is 0 Å². The second-order valence-electron chi connectivity index (χ2n) is 7.38. The molecule has 5 nitrogen and oxygen atoms in total. The number of halogens is 1. The van der Waals surface area contributed by atoms with Crippen molar-refractivity contribution in [2.24, 2.45) is 0 Å². The highest BCUT2D eigenvalue weighted by atomic mass is 32.2. The van der Waals surface area contributed by atoms with Gasteiger partial charge in [-0.3, -0.25) is 4.79 Å². The normalized spacial score (nSPS) is 14.5. The number of hydrogen-bond donors (Lipinski definition) is 0. The van der Waals surface area contributed by atoms with E-state index in [1.165, 1.54) is 56.3 Å². The predicted molar refractivity (Wildman–Crippen MR) is 109 cm³/mol. The Morgan fingerprint density at radius 2 is 2.07 bits per heavy atom. The van der Waals surface area contributed by atoms with E-state index < -0.39 is 5.82 Å². The maximum absolute atomic E-state index is 13.9. The molecule has 0 spiro atoms. The van der Waals surface area contributed by atoms with Gasteiger partial charge >= 0.3 is 0 Å².